The number of carbonyl (C=O) groups excluding carboxylic acids is 11. The molecule has 11 amide bonds. The average Bonchev–Trinajstić information content (AvgIpc) is 3.40. The van der Waals surface area contributed by atoms with Gasteiger partial charge in [-0.25, -0.2) is 0 Å². The topological polar surface area (TPSA) is 319 Å². The SMILES string of the molecule is C/C=C/C[C@@H](C)[C@@H](O)[C@@H](C(=O)N[C@@H](CC)C(=O)N(C)CC(=O)N(C)[C@@H](CCN)C(=O)N[C@H](C(=O)N(C)[C@@H](CC(C)C)C(=O)N[C@H](C)C(N)=O)C(C)C)N(C)C(=O)[C@H](C(C)C)N(C)C(=O)[C@H](CC(C)C)N(C)C(=O)[C@@H](C)N(C)C(=O)CC. The molecule has 0 radical (unpaired) electrons. The van der Waals surface area contributed by atoms with Gasteiger partial charge in [0, 0.05) is 55.8 Å². The number of hydrogen-bond acceptors (Lipinski definition) is 13. The molecule has 0 saturated heterocycles. The van der Waals surface area contributed by atoms with E-state index in [1.807, 2.05) is 27.7 Å². The van der Waals surface area contributed by atoms with Crippen LogP contribution in [0, 0.1) is 29.6 Å². The third kappa shape index (κ3) is 21.6. The molecule has 464 valence electrons. The third-order valence-corrected chi connectivity index (χ3v) is 15.0. The molecule has 0 aliphatic heterocycles. The van der Waals surface area contributed by atoms with E-state index in [0.29, 0.717) is 6.42 Å². The van der Waals surface area contributed by atoms with Gasteiger partial charge in [0.15, 0.2) is 0 Å². The highest BCUT2D eigenvalue weighted by Crippen LogP contribution is 2.24. The summed E-state index contributed by atoms with van der Waals surface area (Å²) in [4.78, 5) is 160. The average molecular weight is 1150 g/mol. The number of amides is 11. The van der Waals surface area contributed by atoms with Crippen LogP contribution in [0.4, 0.5) is 0 Å². The highest BCUT2D eigenvalue weighted by molar-refractivity contribution is 5.98. The monoisotopic (exact) mass is 1150 g/mol. The van der Waals surface area contributed by atoms with Gasteiger partial charge < -0.3 is 66.8 Å². The maximum absolute atomic E-state index is 14.9. The number of carbonyl (C=O) groups is 11. The number of aliphatic hydroxyl groups is 1. The van der Waals surface area contributed by atoms with Crippen LogP contribution in [0.1, 0.15) is 135 Å². The van der Waals surface area contributed by atoms with E-state index in [1.165, 1.54) is 75.9 Å². The Labute approximate surface area is 483 Å². The van der Waals surface area contributed by atoms with Gasteiger partial charge in [-0.05, 0) is 89.0 Å². The Hall–Kier alpha value is -6.17. The molecule has 8 N–H and O–H groups in total. The Kier molecular flexibility index (Phi) is 32.3. The molecule has 0 spiro atoms. The molecule has 0 aromatic carbocycles. The van der Waals surface area contributed by atoms with Crippen molar-refractivity contribution in [3.8, 4) is 0 Å². The van der Waals surface area contributed by atoms with Crippen molar-refractivity contribution in [2.24, 2.45) is 41.1 Å². The van der Waals surface area contributed by atoms with E-state index in [9.17, 15) is 57.8 Å². The van der Waals surface area contributed by atoms with Gasteiger partial charge in [-0.15, -0.1) is 0 Å². The minimum Gasteiger partial charge on any atom is -0.390 e. The van der Waals surface area contributed by atoms with Crippen LogP contribution in [0.2, 0.25) is 0 Å². The van der Waals surface area contributed by atoms with Crippen molar-refractivity contribution in [3.63, 3.8) is 0 Å². The molecular formula is C57H104N12O12. The molecule has 0 bridgehead atoms. The van der Waals surface area contributed by atoms with E-state index in [1.54, 1.807) is 74.5 Å². The molecule has 0 unspecified atom stereocenters. The van der Waals surface area contributed by atoms with Crippen LogP contribution in [0.3, 0.4) is 0 Å². The van der Waals surface area contributed by atoms with Gasteiger partial charge in [0.2, 0.25) is 65.0 Å². The second kappa shape index (κ2) is 35.0. The Bertz CT molecular complexity index is 2170. The molecule has 0 aliphatic carbocycles. The van der Waals surface area contributed by atoms with Crippen molar-refractivity contribution < 1.29 is 57.8 Å². The molecule has 0 aliphatic rings. The predicted octanol–water partition coefficient (Wildman–Crippen LogP) is 0.922. The Morgan fingerprint density at radius 1 is 0.543 bits per heavy atom. The van der Waals surface area contributed by atoms with Gasteiger partial charge >= 0.3 is 0 Å². The van der Waals surface area contributed by atoms with Crippen molar-refractivity contribution in [3.05, 3.63) is 12.2 Å². The summed E-state index contributed by atoms with van der Waals surface area (Å²) in [5.74, 6) is -8.78. The number of allylic oxidation sites excluding steroid dienone is 2. The second-order valence-electron chi connectivity index (χ2n) is 23.2. The number of aliphatic hydroxyl groups excluding tert-OH is 1. The number of nitrogens with zero attached hydrogens (tertiary/aromatic N) is 7. The molecule has 0 heterocycles. The van der Waals surface area contributed by atoms with E-state index >= 15 is 0 Å². The number of nitrogens with two attached hydrogens (primary N) is 2. The normalized spacial score (nSPS) is 15.7. The highest BCUT2D eigenvalue weighted by Gasteiger charge is 2.45. The van der Waals surface area contributed by atoms with Crippen LogP contribution < -0.4 is 27.4 Å². The fourth-order valence-corrected chi connectivity index (χ4v) is 9.42. The number of rotatable bonds is 34. The van der Waals surface area contributed by atoms with Gasteiger partial charge in [-0.1, -0.05) is 88.3 Å². The summed E-state index contributed by atoms with van der Waals surface area (Å²) in [6, 6.07) is -10.5. The minimum absolute atomic E-state index is 0.00498. The van der Waals surface area contributed by atoms with Crippen LogP contribution in [0.5, 0.6) is 0 Å². The van der Waals surface area contributed by atoms with Crippen LogP contribution >= 0.6 is 0 Å². The zero-order valence-electron chi connectivity index (χ0n) is 52.7. The Morgan fingerprint density at radius 2 is 1.05 bits per heavy atom. The first-order chi connectivity index (χ1) is 37.4. The smallest absolute Gasteiger partial charge is 0.246 e. The summed E-state index contributed by atoms with van der Waals surface area (Å²) in [6.07, 6.45) is 2.96. The van der Waals surface area contributed by atoms with E-state index < -0.39 is 144 Å². The standard InChI is InChI=1S/C57H104N12O12/c1-22-25-26-36(12)48(72)47(69(21)57(81)46(35(10)11)68(20)55(79)42(30-33(6)7)67(19)53(77)38(14)64(16)43(70)24-3)52(76)61-39(23-2)54(78)63(15)31-44(71)65(17)40(27-28-58)50(74)62-45(34(8)9)56(80)66(18)41(29-32(4)5)51(75)60-37(13)49(59)73/h22,25,32-42,45-48,72H,23-24,26-31,58H2,1-21H3,(H2,59,73)(H,60,75)(H,61,76)(H,62,74)/b25-22+/t36-,37-,38-,39+,40+,41+,42+,45+,46+,47+,48-/m1/s1. The van der Waals surface area contributed by atoms with Crippen LogP contribution in [-0.4, -0.2) is 227 Å². The molecule has 0 aromatic rings. The molecule has 81 heavy (non-hydrogen) atoms. The summed E-state index contributed by atoms with van der Waals surface area (Å²) in [5, 5.41) is 20.0. The van der Waals surface area contributed by atoms with E-state index in [0.717, 1.165) is 14.7 Å². The molecular weight excluding hydrogens is 1040 g/mol. The number of nitrogens with one attached hydrogen (secondary N) is 3. The van der Waals surface area contributed by atoms with Crippen molar-refractivity contribution >= 4 is 65.0 Å². The molecule has 11 atom stereocenters. The lowest BCUT2D eigenvalue weighted by Crippen LogP contribution is -2.63. The van der Waals surface area contributed by atoms with Crippen molar-refractivity contribution in [2.45, 2.75) is 196 Å². The first kappa shape index (κ1) is 74.8. The highest BCUT2D eigenvalue weighted by atomic mass is 16.3. The lowest BCUT2D eigenvalue weighted by Gasteiger charge is -2.41. The first-order valence-electron chi connectivity index (χ1n) is 28.5. The maximum Gasteiger partial charge on any atom is 0.246 e. The second-order valence-corrected chi connectivity index (χ2v) is 23.2. The van der Waals surface area contributed by atoms with Crippen molar-refractivity contribution in [1.82, 2.24) is 50.2 Å². The van der Waals surface area contributed by atoms with Gasteiger partial charge in [0.05, 0.1) is 12.6 Å². The fourth-order valence-electron chi connectivity index (χ4n) is 9.42. The quantitative estimate of drug-likeness (QED) is 0.0489. The zero-order chi connectivity index (χ0) is 63.2. The third-order valence-electron chi connectivity index (χ3n) is 15.0. The van der Waals surface area contributed by atoms with Crippen molar-refractivity contribution in [2.75, 3.05) is 62.4 Å². The zero-order valence-corrected chi connectivity index (χ0v) is 52.7. The van der Waals surface area contributed by atoms with Gasteiger partial charge in [-0.2, -0.15) is 0 Å². The summed E-state index contributed by atoms with van der Waals surface area (Å²) in [6.45, 7) is 23.5. The largest absolute Gasteiger partial charge is 0.390 e. The Balaban J connectivity index is 6.92. The summed E-state index contributed by atoms with van der Waals surface area (Å²) in [5.41, 5.74) is 11.3. The predicted molar refractivity (Wildman–Crippen MR) is 311 cm³/mol. The molecule has 24 heteroatoms. The van der Waals surface area contributed by atoms with Crippen LogP contribution in [0.25, 0.3) is 0 Å². The summed E-state index contributed by atoms with van der Waals surface area (Å²) in [7, 11) is 9.89. The molecule has 0 aromatic heterocycles. The molecule has 0 fully saturated rings. The van der Waals surface area contributed by atoms with Gasteiger partial charge in [0.25, 0.3) is 0 Å². The van der Waals surface area contributed by atoms with E-state index in [2.05, 4.69) is 16.0 Å². The number of likely N-dealkylation sites (N-methyl/N-ethyl adjacent to an activating group) is 7. The van der Waals surface area contributed by atoms with Crippen molar-refractivity contribution in [1.29, 1.82) is 0 Å². The van der Waals surface area contributed by atoms with Crippen LogP contribution in [0.15, 0.2) is 12.2 Å². The molecule has 0 saturated carbocycles. The fraction of sp³-hybridized carbons (Fsp3) is 0.772. The summed E-state index contributed by atoms with van der Waals surface area (Å²) >= 11 is 0. The first-order valence-corrected chi connectivity index (χ1v) is 28.5. The Morgan fingerprint density at radius 3 is 1.51 bits per heavy atom. The molecule has 0 rings (SSSR count). The number of hydrogen-bond donors (Lipinski definition) is 6. The van der Waals surface area contributed by atoms with Crippen LogP contribution in [-0.2, 0) is 52.7 Å². The number of primary amides is 1. The lowest BCUT2D eigenvalue weighted by molar-refractivity contribution is -0.157. The summed E-state index contributed by atoms with van der Waals surface area (Å²) < 4.78 is 0. The minimum atomic E-state index is -1.61. The van der Waals surface area contributed by atoms with Gasteiger partial charge in [-0.3, -0.25) is 52.7 Å². The molecule has 24 nitrogen and oxygen atoms in total. The van der Waals surface area contributed by atoms with Gasteiger partial charge in [0.1, 0.15) is 54.4 Å². The van der Waals surface area contributed by atoms with E-state index in [4.69, 9.17) is 11.5 Å². The van der Waals surface area contributed by atoms with E-state index in [-0.39, 0.29) is 56.4 Å². The maximum atomic E-state index is 14.9. The lowest BCUT2D eigenvalue weighted by atomic mass is 9.91.